The number of fused-ring (bicyclic) bond motifs is 2. The molecule has 5 aromatic rings. The van der Waals surface area contributed by atoms with Crippen LogP contribution in [0.1, 0.15) is 0 Å². The normalized spacial score (nSPS) is 13.8. The smallest absolute Gasteiger partial charge is 0.155 e. The fourth-order valence-corrected chi connectivity index (χ4v) is 4.21. The van der Waals surface area contributed by atoms with Crippen LogP contribution >= 0.6 is 0 Å². The van der Waals surface area contributed by atoms with Gasteiger partial charge in [-0.05, 0) is 30.3 Å². The van der Waals surface area contributed by atoms with Crippen molar-refractivity contribution in [3.05, 3.63) is 73.2 Å². The molecule has 0 spiro atoms. The molecule has 1 aliphatic rings. The fraction of sp³-hybridized carbons (Fsp3) is 0.231. The van der Waals surface area contributed by atoms with Gasteiger partial charge >= 0.3 is 0 Å². The highest BCUT2D eigenvalue weighted by molar-refractivity contribution is 7.85. The maximum atomic E-state index is 9.08. The van der Waals surface area contributed by atoms with E-state index in [1.54, 1.807) is 0 Å². The molecule has 3 aromatic heterocycles. The van der Waals surface area contributed by atoms with Gasteiger partial charge in [0.05, 0.1) is 56.4 Å². The first-order valence-electron chi connectivity index (χ1n) is 12.4. The summed E-state index contributed by atoms with van der Waals surface area (Å²) < 4.78 is 62.0. The van der Waals surface area contributed by atoms with Crippen molar-refractivity contribution in [3.8, 4) is 11.3 Å². The Balaban J connectivity index is 0.000000384. The topological polar surface area (TPSA) is 218 Å². The van der Waals surface area contributed by atoms with Crippen LogP contribution in [0.5, 0.6) is 0 Å². The number of benzene rings is 2. The number of quaternary nitrogens is 1. The molecule has 1 saturated heterocycles. The molecule has 5 N–H and O–H groups in total. The standard InChI is InChI=1S/C24H22N6O.2CH4O3S.H2O/c1-2-23-24(26-19-5-7-20(8-6-19)29-10-12-31-13-11-29)27-22(16-30(23)9-1)17-3-4-18-15-25-28-21(18)14-17;2*1-5(2,3)4;/h1-9,14-16H,10-13H2,(H,25,28)(H,26,27);2*1H3,(H,2,3,4);1H2/p-1. The average molecular weight is 620 g/mol. The molecule has 0 atom stereocenters. The maximum Gasteiger partial charge on any atom is 0.155 e. The molecule has 1 aliphatic heterocycles. The molecule has 2 aromatic carbocycles. The van der Waals surface area contributed by atoms with Crippen LogP contribution in [0, 0.1) is 0 Å². The minimum atomic E-state index is -3.92. The molecule has 42 heavy (non-hydrogen) atoms. The van der Waals surface area contributed by atoms with Crippen molar-refractivity contribution in [2.45, 2.75) is 0 Å². The van der Waals surface area contributed by atoms with E-state index in [0.717, 1.165) is 65.5 Å². The first kappa shape index (κ1) is 32.6. The second-order valence-corrected chi connectivity index (χ2v) is 12.1. The molecular formula is C26H31N6O8S2-. The van der Waals surface area contributed by atoms with Gasteiger partial charge in [-0.15, -0.1) is 0 Å². The number of H-pyrrole nitrogens is 1. The molecule has 0 bridgehead atoms. The van der Waals surface area contributed by atoms with Crippen LogP contribution in [-0.4, -0.2) is 89.8 Å². The van der Waals surface area contributed by atoms with Gasteiger partial charge in [0.15, 0.2) is 5.82 Å². The third kappa shape index (κ3) is 9.88. The summed E-state index contributed by atoms with van der Waals surface area (Å²) in [4.78, 5) is 6.43. The van der Waals surface area contributed by atoms with Crippen molar-refractivity contribution in [1.29, 1.82) is 0 Å². The molecule has 0 radical (unpaired) electrons. The zero-order chi connectivity index (χ0) is 29.6. The Morgan fingerprint density at radius 1 is 0.976 bits per heavy atom. The number of hydrogen-bond donors (Lipinski definition) is 3. The molecule has 0 unspecified atom stereocenters. The van der Waals surface area contributed by atoms with Crippen LogP contribution in [0.15, 0.2) is 73.2 Å². The summed E-state index contributed by atoms with van der Waals surface area (Å²) in [6.45, 7) is 3.68. The van der Waals surface area contributed by atoms with Gasteiger partial charge < -0.3 is 29.0 Å². The van der Waals surface area contributed by atoms with Crippen LogP contribution in [0.3, 0.4) is 0 Å². The first-order valence-corrected chi connectivity index (χ1v) is 16.0. The van der Waals surface area contributed by atoms with E-state index in [0.29, 0.717) is 12.5 Å². The number of morpholine rings is 1. The molecule has 0 saturated carbocycles. The summed E-state index contributed by atoms with van der Waals surface area (Å²) in [7, 11) is -7.83. The van der Waals surface area contributed by atoms with Crippen molar-refractivity contribution in [3.63, 3.8) is 0 Å². The third-order valence-electron chi connectivity index (χ3n) is 5.91. The zero-order valence-electron chi connectivity index (χ0n) is 22.8. The zero-order valence-corrected chi connectivity index (χ0v) is 24.4. The summed E-state index contributed by atoms with van der Waals surface area (Å²) in [5.41, 5.74) is 6.31. The Morgan fingerprint density at radius 3 is 2.26 bits per heavy atom. The Bertz CT molecular complexity index is 1790. The van der Waals surface area contributed by atoms with Gasteiger partial charge in [0.25, 0.3) is 0 Å². The number of aromatic amines is 1. The number of nitrogens with zero attached hydrogens (tertiary/aromatic N) is 3. The van der Waals surface area contributed by atoms with Crippen molar-refractivity contribution in [2.75, 3.05) is 44.1 Å². The SMILES string of the molecule is CS(=O)(=O)[O-].CS(=O)(=O)[O-].O.c1cc2c(Nc3ccc([NH+]4CCOCC4)cc3)nc(-c3ccc4cn[nH]c4c3)cn2c1. The van der Waals surface area contributed by atoms with E-state index in [9.17, 15) is 0 Å². The molecular weight excluding hydrogens is 588 g/mol. The lowest BCUT2D eigenvalue weighted by Gasteiger charge is -2.23. The van der Waals surface area contributed by atoms with E-state index in [1.807, 2.05) is 18.5 Å². The lowest BCUT2D eigenvalue weighted by Crippen LogP contribution is -3.09. The molecule has 14 nitrogen and oxygen atoms in total. The molecule has 1 fully saturated rings. The molecule has 0 aliphatic carbocycles. The second-order valence-electron chi connectivity index (χ2n) is 9.27. The highest BCUT2D eigenvalue weighted by atomic mass is 32.2. The van der Waals surface area contributed by atoms with E-state index in [-0.39, 0.29) is 5.48 Å². The summed E-state index contributed by atoms with van der Waals surface area (Å²) in [6.07, 6.45) is 7.14. The van der Waals surface area contributed by atoms with E-state index >= 15 is 0 Å². The Morgan fingerprint density at radius 2 is 1.62 bits per heavy atom. The predicted molar refractivity (Wildman–Crippen MR) is 156 cm³/mol. The Kier molecular flexibility index (Phi) is 10.7. The molecule has 4 heterocycles. The van der Waals surface area contributed by atoms with Gasteiger partial charge in [0.1, 0.15) is 18.8 Å². The van der Waals surface area contributed by atoms with Gasteiger partial charge in [0, 0.05) is 53.7 Å². The van der Waals surface area contributed by atoms with E-state index in [4.69, 9.17) is 35.7 Å². The molecule has 16 heteroatoms. The average Bonchev–Trinajstić information content (AvgIpc) is 3.57. The van der Waals surface area contributed by atoms with Crippen molar-refractivity contribution in [1.82, 2.24) is 19.6 Å². The fourth-order valence-electron chi connectivity index (χ4n) is 4.21. The van der Waals surface area contributed by atoms with Crippen molar-refractivity contribution in [2.24, 2.45) is 0 Å². The van der Waals surface area contributed by atoms with Crippen molar-refractivity contribution < 1.29 is 41.1 Å². The summed E-state index contributed by atoms with van der Waals surface area (Å²) in [5, 5.41) is 11.8. The quantitative estimate of drug-likeness (QED) is 0.239. The summed E-state index contributed by atoms with van der Waals surface area (Å²) in [6, 6.07) is 19.0. The van der Waals surface area contributed by atoms with Gasteiger partial charge in [-0.25, -0.2) is 21.8 Å². The number of anilines is 2. The monoisotopic (exact) mass is 619 g/mol. The van der Waals surface area contributed by atoms with Crippen LogP contribution in [0.4, 0.5) is 17.2 Å². The number of rotatable bonds is 4. The third-order valence-corrected chi connectivity index (χ3v) is 5.91. The molecule has 6 rings (SSSR count). The van der Waals surface area contributed by atoms with Crippen LogP contribution < -0.4 is 10.2 Å². The predicted octanol–water partition coefficient (Wildman–Crippen LogP) is 0.666. The van der Waals surface area contributed by atoms with E-state index in [1.165, 1.54) is 10.6 Å². The highest BCUT2D eigenvalue weighted by Crippen LogP contribution is 2.27. The second kappa shape index (κ2) is 13.8. The van der Waals surface area contributed by atoms with E-state index < -0.39 is 20.2 Å². The first-order chi connectivity index (χ1) is 19.3. The maximum absolute atomic E-state index is 9.08. The lowest BCUT2D eigenvalue weighted by atomic mass is 10.1. The summed E-state index contributed by atoms with van der Waals surface area (Å²) in [5.74, 6) is 0.832. The van der Waals surface area contributed by atoms with Crippen LogP contribution in [0.25, 0.3) is 27.7 Å². The lowest BCUT2D eigenvalue weighted by molar-refractivity contribution is -0.842. The number of ether oxygens (including phenoxy) is 1. The van der Waals surface area contributed by atoms with Crippen LogP contribution in [0.2, 0.25) is 0 Å². The van der Waals surface area contributed by atoms with Crippen molar-refractivity contribution >= 4 is 53.8 Å². The molecule has 226 valence electrons. The van der Waals surface area contributed by atoms with Crippen LogP contribution in [-0.2, 0) is 25.0 Å². The number of aromatic nitrogens is 4. The highest BCUT2D eigenvalue weighted by Gasteiger charge is 2.16. The van der Waals surface area contributed by atoms with E-state index in [2.05, 4.69) is 74.6 Å². The largest absolute Gasteiger partial charge is 0.748 e. The minimum absolute atomic E-state index is 0. The molecule has 0 amide bonds. The van der Waals surface area contributed by atoms with Gasteiger partial charge in [-0.3, -0.25) is 10.00 Å². The number of nitrogens with one attached hydrogen (secondary N) is 3. The summed E-state index contributed by atoms with van der Waals surface area (Å²) >= 11 is 0. The minimum Gasteiger partial charge on any atom is -0.748 e. The van der Waals surface area contributed by atoms with Gasteiger partial charge in [0.2, 0.25) is 0 Å². The number of hydrogen-bond acceptors (Lipinski definition) is 10. The van der Waals surface area contributed by atoms with Gasteiger partial charge in [-0.2, -0.15) is 5.10 Å². The van der Waals surface area contributed by atoms with Gasteiger partial charge in [-0.1, -0.05) is 12.1 Å². The Labute approximate surface area is 242 Å². The Hall–Kier alpha value is -3.90.